The summed E-state index contributed by atoms with van der Waals surface area (Å²) in [5, 5.41) is 18.4. The molecule has 1 saturated heterocycles. The van der Waals surface area contributed by atoms with Gasteiger partial charge in [0.25, 0.3) is 0 Å². The first-order chi connectivity index (χ1) is 8.26. The van der Waals surface area contributed by atoms with E-state index in [-0.39, 0.29) is 28.6 Å². The molecule has 7 heteroatoms. The number of benzene rings is 1. The first-order valence-corrected chi connectivity index (χ1v) is 7.00. The Morgan fingerprint density at radius 2 is 2.11 bits per heavy atom. The molecular formula is C11H11ClN2O3S. The third kappa shape index (κ3) is 2.22. The molecule has 0 atom stereocenters. The van der Waals surface area contributed by atoms with E-state index < -0.39 is 15.6 Å². The highest BCUT2D eigenvalue weighted by atomic mass is 35.5. The number of hydrogen-bond donors (Lipinski definition) is 1. The van der Waals surface area contributed by atoms with Crippen LogP contribution in [0.1, 0.15) is 12.5 Å². The van der Waals surface area contributed by atoms with Gasteiger partial charge >= 0.3 is 0 Å². The fourth-order valence-corrected chi connectivity index (χ4v) is 3.77. The van der Waals surface area contributed by atoms with Crippen LogP contribution in [-0.2, 0) is 10.0 Å². The van der Waals surface area contributed by atoms with E-state index in [1.807, 2.05) is 6.07 Å². The summed E-state index contributed by atoms with van der Waals surface area (Å²) in [6.07, 6.45) is 0. The smallest absolute Gasteiger partial charge is 0.243 e. The van der Waals surface area contributed by atoms with Gasteiger partial charge in [-0.15, -0.1) is 0 Å². The van der Waals surface area contributed by atoms with Gasteiger partial charge in [-0.25, -0.2) is 8.42 Å². The average Bonchev–Trinajstić information content (AvgIpc) is 2.25. The molecule has 0 amide bonds. The predicted octanol–water partition coefficient (Wildman–Crippen LogP) is 0.967. The molecule has 0 aliphatic carbocycles. The standard InChI is InChI=1S/C11H11ClN2O3S/c1-11(15)6-14(7-11)18(16,17)9-3-2-8(5-13)10(12)4-9/h2-4,15H,6-7H2,1H3. The average molecular weight is 287 g/mol. The third-order valence-corrected chi connectivity index (χ3v) is 4.83. The topological polar surface area (TPSA) is 81.4 Å². The number of halogens is 1. The fraction of sp³-hybridized carbons (Fsp3) is 0.364. The first-order valence-electron chi connectivity index (χ1n) is 5.18. The second-order valence-electron chi connectivity index (χ2n) is 4.52. The Hall–Kier alpha value is -1.13. The van der Waals surface area contributed by atoms with Crippen molar-refractivity contribution < 1.29 is 13.5 Å². The van der Waals surface area contributed by atoms with Crippen LogP contribution in [0.5, 0.6) is 0 Å². The van der Waals surface area contributed by atoms with Crippen LogP contribution in [0.2, 0.25) is 5.02 Å². The number of aliphatic hydroxyl groups is 1. The molecule has 1 aromatic rings. The highest BCUT2D eigenvalue weighted by molar-refractivity contribution is 7.89. The molecule has 0 aromatic heterocycles. The van der Waals surface area contributed by atoms with Crippen LogP contribution in [0.25, 0.3) is 0 Å². The molecule has 1 heterocycles. The van der Waals surface area contributed by atoms with Gasteiger partial charge < -0.3 is 5.11 Å². The van der Waals surface area contributed by atoms with E-state index in [2.05, 4.69) is 0 Å². The zero-order valence-electron chi connectivity index (χ0n) is 9.59. The van der Waals surface area contributed by atoms with E-state index in [9.17, 15) is 13.5 Å². The van der Waals surface area contributed by atoms with Gasteiger partial charge in [0.15, 0.2) is 0 Å². The second-order valence-corrected chi connectivity index (χ2v) is 6.87. The number of nitriles is 1. The van der Waals surface area contributed by atoms with E-state index in [1.165, 1.54) is 22.5 Å². The Morgan fingerprint density at radius 3 is 2.56 bits per heavy atom. The lowest BCUT2D eigenvalue weighted by molar-refractivity contribution is -0.0426. The van der Waals surface area contributed by atoms with Crippen molar-refractivity contribution in [1.82, 2.24) is 4.31 Å². The molecule has 0 radical (unpaired) electrons. The van der Waals surface area contributed by atoms with Crippen LogP contribution in [0.4, 0.5) is 0 Å². The minimum atomic E-state index is -3.64. The Labute approximate surface area is 110 Å². The molecule has 18 heavy (non-hydrogen) atoms. The van der Waals surface area contributed by atoms with Crippen LogP contribution in [0.3, 0.4) is 0 Å². The Kier molecular flexibility index (Phi) is 3.11. The van der Waals surface area contributed by atoms with Crippen LogP contribution in [0, 0.1) is 11.3 Å². The monoisotopic (exact) mass is 286 g/mol. The van der Waals surface area contributed by atoms with E-state index in [1.54, 1.807) is 6.92 Å². The van der Waals surface area contributed by atoms with Crippen molar-refractivity contribution in [2.24, 2.45) is 0 Å². The van der Waals surface area contributed by atoms with Crippen LogP contribution < -0.4 is 0 Å². The summed E-state index contributed by atoms with van der Waals surface area (Å²) in [5.74, 6) is 0. The Morgan fingerprint density at radius 1 is 1.50 bits per heavy atom. The van der Waals surface area contributed by atoms with Gasteiger partial charge in [-0.2, -0.15) is 9.57 Å². The number of rotatable bonds is 2. The summed E-state index contributed by atoms with van der Waals surface area (Å²) in [5.41, 5.74) is -0.741. The van der Waals surface area contributed by atoms with Crippen molar-refractivity contribution in [1.29, 1.82) is 5.26 Å². The van der Waals surface area contributed by atoms with E-state index in [4.69, 9.17) is 16.9 Å². The Balaban J connectivity index is 2.32. The summed E-state index contributed by atoms with van der Waals surface area (Å²) in [6, 6.07) is 5.82. The van der Waals surface area contributed by atoms with Gasteiger partial charge in [0, 0.05) is 13.1 Å². The zero-order chi connectivity index (χ0) is 13.6. The Bertz CT molecular complexity index is 626. The molecule has 1 N–H and O–H groups in total. The number of sulfonamides is 1. The SMILES string of the molecule is CC1(O)CN(S(=O)(=O)c2ccc(C#N)c(Cl)c2)C1. The third-order valence-electron chi connectivity index (χ3n) is 2.73. The number of β-amino-alcohol motifs (C(OH)–C–C–N with tert-alkyl or cyclic N) is 1. The first kappa shape index (κ1) is 13.3. The molecule has 0 bridgehead atoms. The van der Waals surface area contributed by atoms with Gasteiger partial charge in [0.05, 0.1) is 21.1 Å². The maximum Gasteiger partial charge on any atom is 0.243 e. The van der Waals surface area contributed by atoms with Crippen LogP contribution >= 0.6 is 11.6 Å². The van der Waals surface area contributed by atoms with Gasteiger partial charge in [0.2, 0.25) is 10.0 Å². The van der Waals surface area contributed by atoms with Gasteiger partial charge in [-0.3, -0.25) is 0 Å². The van der Waals surface area contributed by atoms with Gasteiger partial charge in [-0.05, 0) is 25.1 Å². The summed E-state index contributed by atoms with van der Waals surface area (Å²) >= 11 is 5.80. The molecule has 1 fully saturated rings. The van der Waals surface area contributed by atoms with Gasteiger partial charge in [-0.1, -0.05) is 11.6 Å². The summed E-state index contributed by atoms with van der Waals surface area (Å²) in [4.78, 5) is 0.0296. The minimum absolute atomic E-state index is 0.0296. The molecule has 5 nitrogen and oxygen atoms in total. The lowest BCUT2D eigenvalue weighted by Gasteiger charge is -2.42. The van der Waals surface area contributed by atoms with Crippen molar-refractivity contribution in [2.45, 2.75) is 17.4 Å². The molecule has 0 spiro atoms. The van der Waals surface area contributed by atoms with Crippen molar-refractivity contribution >= 4 is 21.6 Å². The molecule has 1 aromatic carbocycles. The second kappa shape index (κ2) is 4.21. The van der Waals surface area contributed by atoms with E-state index in [0.717, 1.165) is 0 Å². The fourth-order valence-electron chi connectivity index (χ4n) is 1.78. The highest BCUT2D eigenvalue weighted by Gasteiger charge is 2.43. The quantitative estimate of drug-likeness (QED) is 0.878. The van der Waals surface area contributed by atoms with E-state index >= 15 is 0 Å². The molecule has 96 valence electrons. The molecule has 0 saturated carbocycles. The number of hydrogen-bond acceptors (Lipinski definition) is 4. The molecule has 1 aliphatic rings. The molecular weight excluding hydrogens is 276 g/mol. The number of nitrogens with zero attached hydrogens (tertiary/aromatic N) is 2. The zero-order valence-corrected chi connectivity index (χ0v) is 11.2. The largest absolute Gasteiger partial charge is 0.387 e. The van der Waals surface area contributed by atoms with Crippen molar-refractivity contribution in [3.63, 3.8) is 0 Å². The molecule has 0 unspecified atom stereocenters. The summed E-state index contributed by atoms with van der Waals surface area (Å²) < 4.78 is 25.4. The van der Waals surface area contributed by atoms with E-state index in [0.29, 0.717) is 0 Å². The lowest BCUT2D eigenvalue weighted by atomic mass is 10.0. The summed E-state index contributed by atoms with van der Waals surface area (Å²) in [7, 11) is -3.64. The van der Waals surface area contributed by atoms with Crippen molar-refractivity contribution in [2.75, 3.05) is 13.1 Å². The highest BCUT2D eigenvalue weighted by Crippen LogP contribution is 2.29. The predicted molar refractivity (Wildman–Crippen MR) is 65.5 cm³/mol. The van der Waals surface area contributed by atoms with Gasteiger partial charge in [0.1, 0.15) is 6.07 Å². The molecule has 1 aliphatic heterocycles. The van der Waals surface area contributed by atoms with Crippen LogP contribution in [-0.4, -0.2) is 36.5 Å². The molecule has 2 rings (SSSR count). The maximum absolute atomic E-state index is 12.1. The maximum atomic E-state index is 12.1. The van der Waals surface area contributed by atoms with Crippen molar-refractivity contribution in [3.8, 4) is 6.07 Å². The normalized spacial score (nSPS) is 19.0. The lowest BCUT2D eigenvalue weighted by Crippen LogP contribution is -2.61. The van der Waals surface area contributed by atoms with Crippen molar-refractivity contribution in [3.05, 3.63) is 28.8 Å². The summed E-state index contributed by atoms with van der Waals surface area (Å²) in [6.45, 7) is 1.70. The minimum Gasteiger partial charge on any atom is -0.387 e. The van der Waals surface area contributed by atoms with Crippen LogP contribution in [0.15, 0.2) is 23.1 Å².